The van der Waals surface area contributed by atoms with Crippen LogP contribution in [0.25, 0.3) is 5.57 Å². The van der Waals surface area contributed by atoms with Gasteiger partial charge in [0.2, 0.25) is 5.78 Å². The lowest BCUT2D eigenvalue weighted by molar-refractivity contribution is -0.127. The fraction of sp³-hybridized carbons (Fsp3) is 0.100. The van der Waals surface area contributed by atoms with Crippen LogP contribution >= 0.6 is 0 Å². The quantitative estimate of drug-likeness (QED) is 0.529. The number of allylic oxidation sites excluding steroid dienone is 3. The topological polar surface area (TPSA) is 76.0 Å². The third-order valence-corrected chi connectivity index (χ3v) is 2.22. The van der Waals surface area contributed by atoms with E-state index in [1.807, 2.05) is 6.07 Å². The molecule has 1 aliphatic rings. The highest BCUT2D eigenvalue weighted by Gasteiger charge is 2.14. The van der Waals surface area contributed by atoms with Gasteiger partial charge in [-0.3, -0.25) is 19.7 Å². The minimum atomic E-state index is -0.597. The van der Waals surface area contributed by atoms with Gasteiger partial charge in [0.25, 0.3) is 0 Å². The number of carbonyl (C=O) groups excluding carboxylic acids is 2. The molecule has 0 aromatic carbocycles. The Morgan fingerprint density at radius 3 is 3.00 bits per heavy atom. The summed E-state index contributed by atoms with van der Waals surface area (Å²) in [7, 11) is 1.80. The van der Waals surface area contributed by atoms with Crippen molar-refractivity contribution in [1.82, 2.24) is 20.6 Å². The summed E-state index contributed by atoms with van der Waals surface area (Å²) < 4.78 is 1.68. The normalized spacial score (nSPS) is 14.3. The van der Waals surface area contributed by atoms with Crippen LogP contribution in [-0.4, -0.2) is 21.8 Å². The molecule has 0 amide bonds. The first-order valence-corrected chi connectivity index (χ1v) is 4.63. The lowest BCUT2D eigenvalue weighted by Gasteiger charge is -2.15. The van der Waals surface area contributed by atoms with Crippen molar-refractivity contribution in [2.75, 3.05) is 0 Å². The largest absolute Gasteiger partial charge is 0.307 e. The minimum Gasteiger partial charge on any atom is -0.307 e. The van der Waals surface area contributed by atoms with E-state index in [0.717, 1.165) is 11.3 Å². The zero-order valence-electron chi connectivity index (χ0n) is 8.60. The van der Waals surface area contributed by atoms with Crippen molar-refractivity contribution in [2.24, 2.45) is 7.05 Å². The summed E-state index contributed by atoms with van der Waals surface area (Å²) in [5, 5.41) is 4.03. The van der Waals surface area contributed by atoms with Gasteiger partial charge in [-0.2, -0.15) is 5.10 Å². The van der Waals surface area contributed by atoms with Crippen LogP contribution in [0, 0.1) is 0 Å². The van der Waals surface area contributed by atoms with Gasteiger partial charge in [0.1, 0.15) is 5.70 Å². The zero-order valence-corrected chi connectivity index (χ0v) is 8.60. The van der Waals surface area contributed by atoms with Crippen molar-refractivity contribution in [3.63, 3.8) is 0 Å². The number of hydrazine groups is 1. The van der Waals surface area contributed by atoms with E-state index in [4.69, 9.17) is 0 Å². The molecule has 6 nitrogen and oxygen atoms in total. The zero-order chi connectivity index (χ0) is 11.5. The maximum atomic E-state index is 11.2. The summed E-state index contributed by atoms with van der Waals surface area (Å²) in [5.41, 5.74) is 7.17. The van der Waals surface area contributed by atoms with Crippen LogP contribution < -0.4 is 10.9 Å². The maximum Gasteiger partial charge on any atom is 0.242 e. The lowest BCUT2D eigenvalue weighted by atomic mass is 10.1. The Morgan fingerprint density at radius 2 is 2.38 bits per heavy atom. The van der Waals surface area contributed by atoms with Gasteiger partial charge in [-0.25, -0.2) is 0 Å². The Kier molecular flexibility index (Phi) is 2.55. The van der Waals surface area contributed by atoms with Crippen molar-refractivity contribution in [2.45, 2.75) is 0 Å². The minimum absolute atomic E-state index is 0.216. The first kappa shape index (κ1) is 10.2. The van der Waals surface area contributed by atoms with Crippen molar-refractivity contribution < 1.29 is 9.59 Å². The van der Waals surface area contributed by atoms with Crippen LogP contribution in [0.1, 0.15) is 5.69 Å². The molecule has 0 saturated carbocycles. The number of hydrogen-bond donors (Lipinski definition) is 2. The van der Waals surface area contributed by atoms with Crippen LogP contribution in [0.5, 0.6) is 0 Å². The van der Waals surface area contributed by atoms with Crippen LogP contribution in [-0.2, 0) is 16.6 Å². The summed E-state index contributed by atoms with van der Waals surface area (Å²) in [5.74, 6) is -0.597. The highest BCUT2D eigenvalue weighted by Crippen LogP contribution is 2.17. The maximum absolute atomic E-state index is 11.2. The van der Waals surface area contributed by atoms with Crippen LogP contribution in [0.15, 0.2) is 30.2 Å². The first-order valence-electron chi connectivity index (χ1n) is 4.63. The smallest absolute Gasteiger partial charge is 0.242 e. The Morgan fingerprint density at radius 1 is 1.56 bits per heavy atom. The highest BCUT2D eigenvalue weighted by atomic mass is 16.2. The fourth-order valence-electron chi connectivity index (χ4n) is 1.43. The Labute approximate surface area is 91.6 Å². The molecule has 16 heavy (non-hydrogen) atoms. The molecule has 0 bridgehead atoms. The molecule has 0 unspecified atom stereocenters. The molecule has 1 aromatic heterocycles. The predicted octanol–water partition coefficient (Wildman–Crippen LogP) is -0.479. The van der Waals surface area contributed by atoms with Gasteiger partial charge < -0.3 is 5.43 Å². The lowest BCUT2D eigenvalue weighted by Crippen LogP contribution is -2.33. The number of nitrogens with zero attached hydrogens (tertiary/aromatic N) is 2. The Bertz CT molecular complexity index is 499. The molecule has 0 aliphatic carbocycles. The number of hydrogen-bond acceptors (Lipinski definition) is 5. The average molecular weight is 218 g/mol. The average Bonchev–Trinajstić information content (AvgIpc) is 2.74. The number of aromatic nitrogens is 2. The number of rotatable bonds is 3. The number of Topliss-reactive ketones (excluding diaryl/α,β-unsaturated/α-hetero) is 1. The van der Waals surface area contributed by atoms with E-state index in [1.54, 1.807) is 30.2 Å². The Balaban J connectivity index is 2.34. The van der Waals surface area contributed by atoms with E-state index in [1.165, 1.54) is 0 Å². The van der Waals surface area contributed by atoms with Crippen LogP contribution in [0.3, 0.4) is 0 Å². The van der Waals surface area contributed by atoms with Gasteiger partial charge in [0.05, 0.1) is 5.69 Å². The second-order valence-corrected chi connectivity index (χ2v) is 3.25. The van der Waals surface area contributed by atoms with E-state index in [-0.39, 0.29) is 12.0 Å². The second kappa shape index (κ2) is 4.01. The molecule has 2 rings (SSSR count). The molecule has 2 heterocycles. The van der Waals surface area contributed by atoms with Crippen molar-refractivity contribution in [3.8, 4) is 0 Å². The van der Waals surface area contributed by atoms with Crippen LogP contribution in [0.2, 0.25) is 0 Å². The third-order valence-electron chi connectivity index (χ3n) is 2.22. The number of nitrogens with one attached hydrogen (secondary N) is 2. The van der Waals surface area contributed by atoms with Gasteiger partial charge in [-0.1, -0.05) is 0 Å². The van der Waals surface area contributed by atoms with E-state index < -0.39 is 5.78 Å². The summed E-state index contributed by atoms with van der Waals surface area (Å²) in [6, 6.07) is 1.82. The molecule has 0 atom stereocenters. The van der Waals surface area contributed by atoms with Crippen molar-refractivity contribution in [1.29, 1.82) is 0 Å². The van der Waals surface area contributed by atoms with Gasteiger partial charge in [0.15, 0.2) is 6.29 Å². The summed E-state index contributed by atoms with van der Waals surface area (Å²) in [6.45, 7) is 0. The molecule has 2 N–H and O–H groups in total. The van der Waals surface area contributed by atoms with E-state index in [2.05, 4.69) is 16.0 Å². The molecular formula is C10H10N4O2. The Hall–Kier alpha value is -2.37. The van der Waals surface area contributed by atoms with Crippen molar-refractivity contribution >= 4 is 17.6 Å². The van der Waals surface area contributed by atoms with Gasteiger partial charge >= 0.3 is 0 Å². The molecule has 0 radical (unpaired) electrons. The summed E-state index contributed by atoms with van der Waals surface area (Å²) in [6.07, 6.45) is 5.23. The van der Waals surface area contributed by atoms with Crippen LogP contribution in [0.4, 0.5) is 0 Å². The third kappa shape index (κ3) is 1.72. The second-order valence-electron chi connectivity index (χ2n) is 3.25. The first-order chi connectivity index (χ1) is 7.72. The molecular weight excluding hydrogens is 208 g/mol. The monoisotopic (exact) mass is 218 g/mol. The number of ketones is 1. The standard InChI is InChI=1S/C10H10N4O2/c1-14-9(2-3-12-14)7-4-8(10(16)6-15)13-11-5-7/h2-6,11,13H,1H3. The molecule has 6 heteroatoms. The van der Waals surface area contributed by atoms with E-state index in [9.17, 15) is 9.59 Å². The SMILES string of the molecule is Cn1nccc1C1=CNNC(C(=O)C=O)=C1. The number of carbonyl (C=O) groups is 2. The molecule has 1 aromatic rings. The molecule has 0 saturated heterocycles. The van der Waals surface area contributed by atoms with E-state index in [0.29, 0.717) is 0 Å². The molecule has 0 fully saturated rings. The van der Waals surface area contributed by atoms with Gasteiger partial charge in [-0.15, -0.1) is 0 Å². The molecule has 82 valence electrons. The van der Waals surface area contributed by atoms with E-state index >= 15 is 0 Å². The fourth-order valence-corrected chi connectivity index (χ4v) is 1.43. The highest BCUT2D eigenvalue weighted by molar-refractivity contribution is 6.33. The predicted molar refractivity (Wildman–Crippen MR) is 56.6 cm³/mol. The summed E-state index contributed by atoms with van der Waals surface area (Å²) in [4.78, 5) is 21.5. The molecule has 0 spiro atoms. The number of aryl methyl sites for hydroxylation is 1. The molecule has 1 aliphatic heterocycles. The van der Waals surface area contributed by atoms with Gasteiger partial charge in [-0.05, 0) is 12.1 Å². The number of aldehydes is 1. The summed E-state index contributed by atoms with van der Waals surface area (Å²) >= 11 is 0. The van der Waals surface area contributed by atoms with Gasteiger partial charge in [0, 0.05) is 25.0 Å². The van der Waals surface area contributed by atoms with Crippen molar-refractivity contribution in [3.05, 3.63) is 35.9 Å².